The Hall–Kier alpha value is -3.42. The molecule has 3 aromatic carbocycles. The lowest BCUT2D eigenvalue weighted by molar-refractivity contribution is 0.187. The van der Waals surface area contributed by atoms with Gasteiger partial charge in [0.15, 0.2) is 0 Å². The van der Waals surface area contributed by atoms with Crippen molar-refractivity contribution in [3.05, 3.63) is 94.9 Å². The molecule has 0 saturated carbocycles. The maximum atomic E-state index is 13.5. The predicted octanol–water partition coefficient (Wildman–Crippen LogP) is 4.49. The highest BCUT2D eigenvalue weighted by Crippen LogP contribution is 2.41. The Morgan fingerprint density at radius 2 is 1.63 bits per heavy atom. The van der Waals surface area contributed by atoms with Crippen molar-refractivity contribution in [2.75, 3.05) is 20.2 Å². The summed E-state index contributed by atoms with van der Waals surface area (Å²) in [6.45, 7) is 1.30. The Kier molecular flexibility index (Phi) is 5.27. The molecule has 0 N–H and O–H groups in total. The lowest BCUT2D eigenvalue weighted by Gasteiger charge is -2.42. The summed E-state index contributed by atoms with van der Waals surface area (Å²) in [5, 5.41) is 2.30. The molecule has 178 valence electrons. The van der Waals surface area contributed by atoms with Crippen LogP contribution in [0, 0.1) is 5.92 Å². The molecule has 2 bridgehead atoms. The van der Waals surface area contributed by atoms with Crippen LogP contribution in [-0.4, -0.2) is 37.5 Å². The van der Waals surface area contributed by atoms with E-state index in [9.17, 15) is 13.2 Å². The SMILES string of the molecule is COc1ccc(S(=O)(=O)N2CC3CC(C2)c2c(-c4ccc5ccccc5c4)ccc(=O)n2C3)cc1. The van der Waals surface area contributed by atoms with Crippen LogP contribution in [0.5, 0.6) is 5.75 Å². The smallest absolute Gasteiger partial charge is 0.250 e. The van der Waals surface area contributed by atoms with Crippen LogP contribution in [0.25, 0.3) is 21.9 Å². The second-order valence-electron chi connectivity index (χ2n) is 9.44. The molecule has 0 aliphatic carbocycles. The average Bonchev–Trinajstić information content (AvgIpc) is 2.89. The van der Waals surface area contributed by atoms with Gasteiger partial charge in [0.05, 0.1) is 12.0 Å². The number of benzene rings is 3. The molecule has 7 heteroatoms. The van der Waals surface area contributed by atoms with Crippen molar-refractivity contribution in [2.45, 2.75) is 23.8 Å². The third-order valence-corrected chi connectivity index (χ3v) is 9.16. The molecular weight excluding hydrogens is 460 g/mol. The van der Waals surface area contributed by atoms with Crippen molar-refractivity contribution < 1.29 is 13.2 Å². The summed E-state index contributed by atoms with van der Waals surface area (Å²) in [5.41, 5.74) is 2.97. The fraction of sp³-hybridized carbons (Fsp3) is 0.250. The minimum atomic E-state index is -3.66. The van der Waals surface area contributed by atoms with Gasteiger partial charge in [-0.05, 0) is 65.1 Å². The molecule has 0 radical (unpaired) electrons. The van der Waals surface area contributed by atoms with E-state index in [1.54, 1.807) is 41.7 Å². The first kappa shape index (κ1) is 22.1. The molecule has 2 aliphatic rings. The third-order valence-electron chi connectivity index (χ3n) is 7.31. The molecular formula is C28H26N2O4S. The van der Waals surface area contributed by atoms with Crippen molar-refractivity contribution in [3.8, 4) is 16.9 Å². The largest absolute Gasteiger partial charge is 0.497 e. The topological polar surface area (TPSA) is 68.6 Å². The number of hydrogen-bond acceptors (Lipinski definition) is 4. The zero-order chi connectivity index (χ0) is 24.2. The molecule has 6 nitrogen and oxygen atoms in total. The van der Waals surface area contributed by atoms with Gasteiger partial charge in [0.25, 0.3) is 5.56 Å². The summed E-state index contributed by atoms with van der Waals surface area (Å²) in [6, 6.07) is 24.6. The summed E-state index contributed by atoms with van der Waals surface area (Å²) in [7, 11) is -2.10. The van der Waals surface area contributed by atoms with E-state index in [0.717, 1.165) is 34.0 Å². The van der Waals surface area contributed by atoms with Crippen LogP contribution in [0.3, 0.4) is 0 Å². The highest BCUT2D eigenvalue weighted by atomic mass is 32.2. The van der Waals surface area contributed by atoms with Crippen molar-refractivity contribution in [2.24, 2.45) is 5.92 Å². The van der Waals surface area contributed by atoms with Crippen LogP contribution in [0.15, 0.2) is 88.6 Å². The highest BCUT2D eigenvalue weighted by molar-refractivity contribution is 7.89. The Morgan fingerprint density at radius 3 is 2.40 bits per heavy atom. The van der Waals surface area contributed by atoms with Crippen LogP contribution < -0.4 is 10.3 Å². The van der Waals surface area contributed by atoms with Gasteiger partial charge >= 0.3 is 0 Å². The van der Waals surface area contributed by atoms with Gasteiger partial charge in [-0.1, -0.05) is 36.4 Å². The van der Waals surface area contributed by atoms with Crippen molar-refractivity contribution in [3.63, 3.8) is 0 Å². The summed E-state index contributed by atoms with van der Waals surface area (Å²) < 4.78 is 35.7. The van der Waals surface area contributed by atoms with E-state index in [4.69, 9.17) is 4.74 Å². The molecule has 2 aliphatic heterocycles. The first-order valence-corrected chi connectivity index (χ1v) is 13.2. The van der Waals surface area contributed by atoms with Crippen molar-refractivity contribution in [1.82, 2.24) is 8.87 Å². The van der Waals surface area contributed by atoms with Gasteiger partial charge in [-0.2, -0.15) is 4.31 Å². The summed E-state index contributed by atoms with van der Waals surface area (Å²) in [6.07, 6.45) is 0.874. The first-order valence-electron chi connectivity index (χ1n) is 11.8. The van der Waals surface area contributed by atoms with Crippen LogP contribution in [0.1, 0.15) is 18.0 Å². The fourth-order valence-corrected chi connectivity index (χ4v) is 7.23. The standard InChI is InChI=1S/C28H26N2O4S/c1-34-24-8-10-25(11-9-24)35(32,33)29-16-19-14-23(18-29)28-26(12-13-27(31)30(28)17-19)22-7-6-20-4-2-3-5-21(20)15-22/h2-13,15,19,23H,14,16-18H2,1H3. The van der Waals surface area contributed by atoms with Crippen LogP contribution in [-0.2, 0) is 16.6 Å². The quantitative estimate of drug-likeness (QED) is 0.426. The fourth-order valence-electron chi connectivity index (χ4n) is 5.67. The molecule has 3 heterocycles. The molecule has 0 spiro atoms. The van der Waals surface area contributed by atoms with E-state index in [1.807, 2.05) is 22.8 Å². The van der Waals surface area contributed by atoms with Crippen LogP contribution in [0.2, 0.25) is 0 Å². The van der Waals surface area contributed by atoms with Gasteiger partial charge in [0.1, 0.15) is 5.75 Å². The first-order chi connectivity index (χ1) is 16.9. The molecule has 2 atom stereocenters. The number of piperidine rings is 1. The third kappa shape index (κ3) is 3.75. The van der Waals surface area contributed by atoms with Crippen LogP contribution in [0.4, 0.5) is 0 Å². The molecule has 6 rings (SSSR count). The van der Waals surface area contributed by atoms with Gasteiger partial charge in [-0.15, -0.1) is 0 Å². The van der Waals surface area contributed by atoms with Crippen LogP contribution >= 0.6 is 0 Å². The lowest BCUT2D eigenvalue weighted by Crippen LogP contribution is -2.49. The van der Waals surface area contributed by atoms with E-state index in [0.29, 0.717) is 25.4 Å². The molecule has 1 aromatic heterocycles. The molecule has 4 aromatic rings. The van der Waals surface area contributed by atoms with E-state index in [1.165, 1.54) is 0 Å². The summed E-state index contributed by atoms with van der Waals surface area (Å²) >= 11 is 0. The molecule has 1 fully saturated rings. The Labute approximate surface area is 204 Å². The summed E-state index contributed by atoms with van der Waals surface area (Å²) in [4.78, 5) is 13.1. The monoisotopic (exact) mass is 486 g/mol. The molecule has 35 heavy (non-hydrogen) atoms. The van der Waals surface area contributed by atoms with E-state index >= 15 is 0 Å². The zero-order valence-corrected chi connectivity index (χ0v) is 20.2. The van der Waals surface area contributed by atoms with Crippen molar-refractivity contribution in [1.29, 1.82) is 0 Å². The highest BCUT2D eigenvalue weighted by Gasteiger charge is 2.40. The number of ether oxygens (including phenoxy) is 1. The molecule has 0 amide bonds. The number of nitrogens with zero attached hydrogens (tertiary/aromatic N) is 2. The Balaban J connectivity index is 1.41. The second-order valence-corrected chi connectivity index (χ2v) is 11.4. The Morgan fingerprint density at radius 1 is 0.857 bits per heavy atom. The number of rotatable bonds is 4. The van der Waals surface area contributed by atoms with Gasteiger partial charge in [0, 0.05) is 42.9 Å². The number of pyridine rings is 1. The lowest BCUT2D eigenvalue weighted by atomic mass is 9.81. The maximum Gasteiger partial charge on any atom is 0.250 e. The average molecular weight is 487 g/mol. The predicted molar refractivity (Wildman–Crippen MR) is 136 cm³/mol. The van der Waals surface area contributed by atoms with Gasteiger partial charge in [-0.25, -0.2) is 8.42 Å². The number of sulfonamides is 1. The molecule has 2 unspecified atom stereocenters. The normalized spacial score (nSPS) is 19.9. The van der Waals surface area contributed by atoms with Gasteiger partial charge in [0.2, 0.25) is 10.0 Å². The number of fused-ring (bicyclic) bond motifs is 5. The van der Waals surface area contributed by atoms with Crippen molar-refractivity contribution >= 4 is 20.8 Å². The second kappa shape index (κ2) is 8.36. The zero-order valence-electron chi connectivity index (χ0n) is 19.4. The van der Waals surface area contributed by atoms with E-state index in [-0.39, 0.29) is 22.3 Å². The summed E-state index contributed by atoms with van der Waals surface area (Å²) in [5.74, 6) is 0.664. The van der Waals surface area contributed by atoms with E-state index < -0.39 is 10.0 Å². The van der Waals surface area contributed by atoms with Gasteiger partial charge in [-0.3, -0.25) is 4.79 Å². The van der Waals surface area contributed by atoms with Gasteiger partial charge < -0.3 is 9.30 Å². The Bertz CT molecular complexity index is 1590. The molecule has 1 saturated heterocycles. The maximum absolute atomic E-state index is 13.5. The number of methoxy groups -OCH3 is 1. The minimum Gasteiger partial charge on any atom is -0.497 e. The number of aromatic nitrogens is 1. The van der Waals surface area contributed by atoms with E-state index in [2.05, 4.69) is 30.3 Å². The number of hydrogen-bond donors (Lipinski definition) is 0. The minimum absolute atomic E-state index is 0.0225.